The second-order valence-corrected chi connectivity index (χ2v) is 4.82. The lowest BCUT2D eigenvalue weighted by atomic mass is 9.99. The zero-order valence-corrected chi connectivity index (χ0v) is 11.2. The van der Waals surface area contributed by atoms with Crippen LogP contribution in [0.15, 0.2) is 24.3 Å². The van der Waals surface area contributed by atoms with Gasteiger partial charge in [0.1, 0.15) is 30.2 Å². The fourth-order valence-corrected chi connectivity index (χ4v) is 2.14. The SMILES string of the molecule is CCc1cccc(OC2O[C@H](CO)[C@@H](O)[C@H](O)[C@H]2O)c1. The first-order valence-electron chi connectivity index (χ1n) is 6.63. The van der Waals surface area contributed by atoms with Crippen molar-refractivity contribution in [2.24, 2.45) is 0 Å². The number of aliphatic hydroxyl groups is 4. The number of hydrogen-bond acceptors (Lipinski definition) is 6. The highest BCUT2D eigenvalue weighted by atomic mass is 16.7. The van der Waals surface area contributed by atoms with E-state index < -0.39 is 37.3 Å². The van der Waals surface area contributed by atoms with Gasteiger partial charge in [0.2, 0.25) is 6.29 Å². The van der Waals surface area contributed by atoms with Crippen LogP contribution in [0.25, 0.3) is 0 Å². The average Bonchev–Trinajstić information content (AvgIpc) is 2.48. The van der Waals surface area contributed by atoms with Crippen LogP contribution < -0.4 is 4.74 Å². The van der Waals surface area contributed by atoms with Gasteiger partial charge in [0.25, 0.3) is 0 Å². The summed E-state index contributed by atoms with van der Waals surface area (Å²) >= 11 is 0. The third kappa shape index (κ3) is 3.11. The van der Waals surface area contributed by atoms with Crippen LogP contribution in [0, 0.1) is 0 Å². The first-order valence-corrected chi connectivity index (χ1v) is 6.63. The summed E-state index contributed by atoms with van der Waals surface area (Å²) in [6.07, 6.45) is -5.47. The fourth-order valence-electron chi connectivity index (χ4n) is 2.14. The van der Waals surface area contributed by atoms with Crippen molar-refractivity contribution in [1.82, 2.24) is 0 Å². The Morgan fingerprint density at radius 1 is 1.15 bits per heavy atom. The molecule has 1 unspecified atom stereocenters. The summed E-state index contributed by atoms with van der Waals surface area (Å²) in [5, 5.41) is 38.3. The minimum atomic E-state index is -1.43. The summed E-state index contributed by atoms with van der Waals surface area (Å²) in [4.78, 5) is 0. The first-order chi connectivity index (χ1) is 9.56. The lowest BCUT2D eigenvalue weighted by molar-refractivity contribution is -0.277. The highest BCUT2D eigenvalue weighted by Gasteiger charge is 2.44. The number of hydrogen-bond donors (Lipinski definition) is 4. The van der Waals surface area contributed by atoms with E-state index in [2.05, 4.69) is 0 Å². The van der Waals surface area contributed by atoms with Crippen molar-refractivity contribution in [2.75, 3.05) is 6.61 Å². The first kappa shape index (κ1) is 15.2. The third-order valence-electron chi connectivity index (χ3n) is 3.41. The van der Waals surface area contributed by atoms with Gasteiger partial charge in [-0.25, -0.2) is 0 Å². The zero-order valence-electron chi connectivity index (χ0n) is 11.2. The molecular weight excluding hydrogens is 264 g/mol. The minimum absolute atomic E-state index is 0.472. The molecule has 112 valence electrons. The van der Waals surface area contributed by atoms with Crippen molar-refractivity contribution in [2.45, 2.75) is 44.1 Å². The summed E-state index contributed by atoms with van der Waals surface area (Å²) in [5.74, 6) is 0.494. The number of benzene rings is 1. The van der Waals surface area contributed by atoms with Crippen LogP contribution in [0.4, 0.5) is 0 Å². The monoisotopic (exact) mass is 284 g/mol. The Morgan fingerprint density at radius 3 is 2.55 bits per heavy atom. The van der Waals surface area contributed by atoms with Gasteiger partial charge in [-0.2, -0.15) is 0 Å². The second kappa shape index (κ2) is 6.51. The molecule has 0 amide bonds. The summed E-state index contributed by atoms with van der Waals surface area (Å²) in [5.41, 5.74) is 1.06. The summed E-state index contributed by atoms with van der Waals surface area (Å²) in [7, 11) is 0. The van der Waals surface area contributed by atoms with E-state index in [-0.39, 0.29) is 0 Å². The highest BCUT2D eigenvalue weighted by Crippen LogP contribution is 2.24. The fraction of sp³-hybridized carbons (Fsp3) is 0.571. The molecule has 20 heavy (non-hydrogen) atoms. The number of ether oxygens (including phenoxy) is 2. The van der Waals surface area contributed by atoms with E-state index >= 15 is 0 Å². The van der Waals surface area contributed by atoms with E-state index in [0.717, 1.165) is 12.0 Å². The molecule has 1 saturated heterocycles. The van der Waals surface area contributed by atoms with Crippen LogP contribution >= 0.6 is 0 Å². The van der Waals surface area contributed by atoms with Gasteiger partial charge in [-0.15, -0.1) is 0 Å². The van der Waals surface area contributed by atoms with Crippen LogP contribution in [0.3, 0.4) is 0 Å². The predicted molar refractivity (Wildman–Crippen MR) is 70.2 cm³/mol. The van der Waals surface area contributed by atoms with Crippen LogP contribution in [0.2, 0.25) is 0 Å². The Hall–Kier alpha value is -1.18. The molecule has 1 aromatic carbocycles. The summed E-state index contributed by atoms with van der Waals surface area (Å²) in [6.45, 7) is 1.53. The van der Waals surface area contributed by atoms with Crippen LogP contribution in [0.5, 0.6) is 5.75 Å². The Bertz CT molecular complexity index is 435. The maximum Gasteiger partial charge on any atom is 0.229 e. The molecule has 6 nitrogen and oxygen atoms in total. The molecular formula is C14H20O6. The molecule has 1 aliphatic rings. The molecule has 0 bridgehead atoms. The Kier molecular flexibility index (Phi) is 4.95. The number of aryl methyl sites for hydroxylation is 1. The molecule has 0 radical (unpaired) electrons. The molecule has 0 aliphatic carbocycles. The molecule has 6 heteroatoms. The molecule has 0 aromatic heterocycles. The number of aliphatic hydroxyl groups excluding tert-OH is 4. The van der Waals surface area contributed by atoms with Crippen molar-refractivity contribution in [1.29, 1.82) is 0 Å². The molecule has 0 saturated carbocycles. The van der Waals surface area contributed by atoms with Gasteiger partial charge in [0.15, 0.2) is 0 Å². The lowest BCUT2D eigenvalue weighted by Crippen LogP contribution is -2.60. The van der Waals surface area contributed by atoms with Gasteiger partial charge in [-0.3, -0.25) is 0 Å². The van der Waals surface area contributed by atoms with Gasteiger partial charge in [-0.1, -0.05) is 19.1 Å². The molecule has 1 aromatic rings. The van der Waals surface area contributed by atoms with Crippen molar-refractivity contribution in [3.8, 4) is 5.75 Å². The summed E-state index contributed by atoms with van der Waals surface area (Å²) < 4.78 is 10.8. The largest absolute Gasteiger partial charge is 0.462 e. The normalized spacial score (nSPS) is 34.0. The van der Waals surface area contributed by atoms with Crippen molar-refractivity contribution >= 4 is 0 Å². The van der Waals surface area contributed by atoms with E-state index in [1.807, 2.05) is 19.1 Å². The average molecular weight is 284 g/mol. The molecule has 1 fully saturated rings. The maximum absolute atomic E-state index is 9.87. The molecule has 2 rings (SSSR count). The van der Waals surface area contributed by atoms with Crippen LogP contribution in [-0.4, -0.2) is 57.7 Å². The Labute approximate surface area is 117 Å². The minimum Gasteiger partial charge on any atom is -0.462 e. The Morgan fingerprint density at radius 2 is 1.90 bits per heavy atom. The molecule has 5 atom stereocenters. The van der Waals surface area contributed by atoms with Crippen LogP contribution in [-0.2, 0) is 11.2 Å². The lowest BCUT2D eigenvalue weighted by Gasteiger charge is -2.39. The van der Waals surface area contributed by atoms with E-state index in [0.29, 0.717) is 5.75 Å². The standard InChI is InChI=1S/C14H20O6/c1-2-8-4-3-5-9(6-8)19-14-13(18)12(17)11(16)10(7-15)20-14/h3-6,10-18H,2,7H2,1H3/t10-,11-,12+,13-,14?/m1/s1. The molecule has 1 aliphatic heterocycles. The zero-order chi connectivity index (χ0) is 14.7. The van der Waals surface area contributed by atoms with Crippen molar-refractivity contribution in [3.05, 3.63) is 29.8 Å². The Balaban J connectivity index is 2.10. The van der Waals surface area contributed by atoms with E-state index in [1.165, 1.54) is 0 Å². The smallest absolute Gasteiger partial charge is 0.229 e. The number of rotatable bonds is 4. The quantitative estimate of drug-likeness (QED) is 0.591. The maximum atomic E-state index is 9.87. The van der Waals surface area contributed by atoms with Crippen LogP contribution in [0.1, 0.15) is 12.5 Å². The van der Waals surface area contributed by atoms with Gasteiger partial charge < -0.3 is 29.9 Å². The molecule has 4 N–H and O–H groups in total. The van der Waals surface area contributed by atoms with Gasteiger partial charge >= 0.3 is 0 Å². The van der Waals surface area contributed by atoms with E-state index in [4.69, 9.17) is 14.6 Å². The van der Waals surface area contributed by atoms with Gasteiger partial charge in [0, 0.05) is 0 Å². The molecule has 1 heterocycles. The highest BCUT2D eigenvalue weighted by molar-refractivity contribution is 5.28. The second-order valence-electron chi connectivity index (χ2n) is 4.82. The topological polar surface area (TPSA) is 99.4 Å². The molecule has 0 spiro atoms. The van der Waals surface area contributed by atoms with Crippen molar-refractivity contribution < 1.29 is 29.9 Å². The van der Waals surface area contributed by atoms with E-state index in [9.17, 15) is 15.3 Å². The summed E-state index contributed by atoms with van der Waals surface area (Å²) in [6, 6.07) is 7.28. The van der Waals surface area contributed by atoms with Gasteiger partial charge in [0.05, 0.1) is 6.61 Å². The van der Waals surface area contributed by atoms with Crippen molar-refractivity contribution in [3.63, 3.8) is 0 Å². The van der Waals surface area contributed by atoms with E-state index in [1.54, 1.807) is 12.1 Å². The third-order valence-corrected chi connectivity index (χ3v) is 3.41. The van der Waals surface area contributed by atoms with Gasteiger partial charge in [-0.05, 0) is 24.1 Å². The predicted octanol–water partition coefficient (Wildman–Crippen LogP) is -0.572.